The van der Waals surface area contributed by atoms with Crippen LogP contribution in [0.2, 0.25) is 0 Å². The normalized spacial score (nSPS) is 23.9. The smallest absolute Gasteiger partial charge is 0.222 e. The van der Waals surface area contributed by atoms with Crippen LogP contribution in [0.15, 0.2) is 30.3 Å². The summed E-state index contributed by atoms with van der Waals surface area (Å²) in [6, 6.07) is 10.7. The molecule has 1 amide bonds. The zero-order chi connectivity index (χ0) is 10.8. The largest absolute Gasteiger partial charge is 0.353 e. The van der Waals surface area contributed by atoms with Gasteiger partial charge in [-0.1, -0.05) is 44.2 Å². The van der Waals surface area contributed by atoms with Crippen LogP contribution >= 0.6 is 0 Å². The summed E-state index contributed by atoms with van der Waals surface area (Å²) >= 11 is 0. The Morgan fingerprint density at radius 3 is 2.60 bits per heavy atom. The Morgan fingerprint density at radius 2 is 2.00 bits per heavy atom. The van der Waals surface area contributed by atoms with Crippen LogP contribution in [0.1, 0.15) is 31.7 Å². The van der Waals surface area contributed by atoms with E-state index in [0.717, 1.165) is 6.42 Å². The summed E-state index contributed by atoms with van der Waals surface area (Å²) in [5.74, 6) is 0.786. The number of benzene rings is 1. The summed E-state index contributed by atoms with van der Waals surface area (Å²) in [7, 11) is 0. The van der Waals surface area contributed by atoms with E-state index in [1.165, 1.54) is 5.56 Å². The van der Waals surface area contributed by atoms with Crippen LogP contribution in [-0.4, -0.2) is 11.9 Å². The highest BCUT2D eigenvalue weighted by Gasteiger charge is 2.39. The molecule has 1 aromatic carbocycles. The minimum absolute atomic E-state index is 0.0852. The van der Waals surface area contributed by atoms with Crippen molar-refractivity contribution in [2.45, 2.75) is 32.2 Å². The van der Waals surface area contributed by atoms with Crippen molar-refractivity contribution in [3.63, 3.8) is 0 Å². The van der Waals surface area contributed by atoms with E-state index < -0.39 is 0 Å². The molecule has 0 aliphatic heterocycles. The Morgan fingerprint density at radius 1 is 1.33 bits per heavy atom. The third kappa shape index (κ3) is 2.38. The van der Waals surface area contributed by atoms with Crippen LogP contribution in [0, 0.1) is 5.92 Å². The summed E-state index contributed by atoms with van der Waals surface area (Å²) in [5, 5.41) is 3.06. The summed E-state index contributed by atoms with van der Waals surface area (Å²) in [4.78, 5) is 11.5. The second-order valence-electron chi connectivity index (χ2n) is 4.52. The first kappa shape index (κ1) is 10.2. The SMILES string of the molecule is CC(C)C(=O)N[C@@H]1C[C@@H]1c1ccccc1. The van der Waals surface area contributed by atoms with Gasteiger partial charge in [-0.2, -0.15) is 0 Å². The van der Waals surface area contributed by atoms with Crippen molar-refractivity contribution in [3.8, 4) is 0 Å². The van der Waals surface area contributed by atoms with Gasteiger partial charge in [0.2, 0.25) is 5.91 Å². The molecule has 80 valence electrons. The van der Waals surface area contributed by atoms with Crippen LogP contribution in [0.5, 0.6) is 0 Å². The number of rotatable bonds is 3. The van der Waals surface area contributed by atoms with Crippen LogP contribution < -0.4 is 5.32 Å². The Kier molecular flexibility index (Phi) is 2.76. The topological polar surface area (TPSA) is 29.1 Å². The molecule has 2 heteroatoms. The lowest BCUT2D eigenvalue weighted by molar-refractivity contribution is -0.124. The fourth-order valence-electron chi connectivity index (χ4n) is 1.77. The van der Waals surface area contributed by atoms with Gasteiger partial charge in [-0.25, -0.2) is 0 Å². The predicted octanol–water partition coefficient (Wildman–Crippen LogP) is 2.31. The average molecular weight is 203 g/mol. The highest BCUT2D eigenvalue weighted by Crippen LogP contribution is 2.40. The Bertz CT molecular complexity index is 345. The maximum absolute atomic E-state index is 11.5. The zero-order valence-electron chi connectivity index (χ0n) is 9.23. The Hall–Kier alpha value is -1.31. The van der Waals surface area contributed by atoms with E-state index in [0.29, 0.717) is 12.0 Å². The fraction of sp³-hybridized carbons (Fsp3) is 0.462. The van der Waals surface area contributed by atoms with Crippen LogP contribution in [0.4, 0.5) is 0 Å². The lowest BCUT2D eigenvalue weighted by Crippen LogP contribution is -2.30. The molecule has 0 spiro atoms. The molecule has 2 atom stereocenters. The maximum atomic E-state index is 11.5. The maximum Gasteiger partial charge on any atom is 0.222 e. The van der Waals surface area contributed by atoms with Gasteiger partial charge in [-0.05, 0) is 12.0 Å². The number of hydrogen-bond acceptors (Lipinski definition) is 1. The number of hydrogen-bond donors (Lipinski definition) is 1. The van der Waals surface area contributed by atoms with Crippen molar-refractivity contribution in [3.05, 3.63) is 35.9 Å². The third-order valence-corrected chi connectivity index (χ3v) is 2.87. The number of carbonyl (C=O) groups excluding carboxylic acids is 1. The Balaban J connectivity index is 1.89. The van der Waals surface area contributed by atoms with Crippen molar-refractivity contribution in [1.29, 1.82) is 0 Å². The first-order valence-electron chi connectivity index (χ1n) is 5.54. The van der Waals surface area contributed by atoms with Gasteiger partial charge in [0.1, 0.15) is 0 Å². The van der Waals surface area contributed by atoms with Crippen molar-refractivity contribution in [1.82, 2.24) is 5.32 Å². The van der Waals surface area contributed by atoms with E-state index in [1.807, 2.05) is 19.9 Å². The second kappa shape index (κ2) is 4.05. The first-order chi connectivity index (χ1) is 7.18. The van der Waals surface area contributed by atoms with Gasteiger partial charge in [-0.15, -0.1) is 0 Å². The molecule has 2 nitrogen and oxygen atoms in total. The molecule has 0 heterocycles. The van der Waals surface area contributed by atoms with Gasteiger partial charge in [0.25, 0.3) is 0 Å². The zero-order valence-corrected chi connectivity index (χ0v) is 9.23. The third-order valence-electron chi connectivity index (χ3n) is 2.87. The fourth-order valence-corrected chi connectivity index (χ4v) is 1.77. The molecule has 2 rings (SSSR count). The molecule has 1 fully saturated rings. The summed E-state index contributed by atoms with van der Waals surface area (Å²) in [6.45, 7) is 3.85. The van der Waals surface area contributed by atoms with E-state index in [2.05, 4.69) is 29.6 Å². The van der Waals surface area contributed by atoms with Gasteiger partial charge in [-0.3, -0.25) is 4.79 Å². The van der Waals surface area contributed by atoms with Crippen LogP contribution in [-0.2, 0) is 4.79 Å². The molecule has 0 aromatic heterocycles. The first-order valence-corrected chi connectivity index (χ1v) is 5.54. The molecule has 0 bridgehead atoms. The minimum Gasteiger partial charge on any atom is -0.353 e. The lowest BCUT2D eigenvalue weighted by Gasteiger charge is -2.06. The van der Waals surface area contributed by atoms with Crippen molar-refractivity contribution < 1.29 is 4.79 Å². The molecule has 1 N–H and O–H groups in total. The highest BCUT2D eigenvalue weighted by molar-refractivity contribution is 5.78. The van der Waals surface area contributed by atoms with E-state index >= 15 is 0 Å². The molecule has 15 heavy (non-hydrogen) atoms. The Labute approximate surface area is 90.7 Å². The molecular weight excluding hydrogens is 186 g/mol. The second-order valence-corrected chi connectivity index (χ2v) is 4.52. The molecule has 1 aromatic rings. The minimum atomic E-state index is 0.0852. The summed E-state index contributed by atoms with van der Waals surface area (Å²) in [5.41, 5.74) is 1.34. The van der Waals surface area contributed by atoms with Gasteiger partial charge >= 0.3 is 0 Å². The predicted molar refractivity (Wildman–Crippen MR) is 60.6 cm³/mol. The van der Waals surface area contributed by atoms with Crippen LogP contribution in [0.3, 0.4) is 0 Å². The average Bonchev–Trinajstić information content (AvgIpc) is 2.98. The molecule has 1 saturated carbocycles. The van der Waals surface area contributed by atoms with Gasteiger partial charge < -0.3 is 5.32 Å². The van der Waals surface area contributed by atoms with Gasteiger partial charge in [0.15, 0.2) is 0 Å². The van der Waals surface area contributed by atoms with E-state index in [1.54, 1.807) is 0 Å². The summed E-state index contributed by atoms with van der Waals surface area (Å²) < 4.78 is 0. The van der Waals surface area contributed by atoms with E-state index in [9.17, 15) is 4.79 Å². The van der Waals surface area contributed by atoms with Gasteiger partial charge in [0.05, 0.1) is 0 Å². The van der Waals surface area contributed by atoms with Gasteiger partial charge in [0, 0.05) is 17.9 Å². The number of carbonyl (C=O) groups is 1. The lowest BCUT2D eigenvalue weighted by atomic mass is 10.1. The van der Waals surface area contributed by atoms with Crippen LogP contribution in [0.25, 0.3) is 0 Å². The van der Waals surface area contributed by atoms with E-state index in [4.69, 9.17) is 0 Å². The number of amides is 1. The van der Waals surface area contributed by atoms with Crippen molar-refractivity contribution in [2.75, 3.05) is 0 Å². The molecular formula is C13H17NO. The molecule has 1 aliphatic carbocycles. The van der Waals surface area contributed by atoms with E-state index in [-0.39, 0.29) is 11.8 Å². The summed E-state index contributed by atoms with van der Waals surface area (Å²) in [6.07, 6.45) is 1.09. The molecule has 1 aliphatic rings. The molecule has 0 unspecified atom stereocenters. The quantitative estimate of drug-likeness (QED) is 0.802. The standard InChI is InChI=1S/C13H17NO/c1-9(2)13(15)14-12-8-11(12)10-6-4-3-5-7-10/h3-7,9,11-12H,8H2,1-2H3,(H,14,15)/t11-,12-/m1/s1. The monoisotopic (exact) mass is 203 g/mol. The molecule has 0 saturated heterocycles. The van der Waals surface area contributed by atoms with Crippen molar-refractivity contribution >= 4 is 5.91 Å². The molecule has 0 radical (unpaired) electrons. The highest BCUT2D eigenvalue weighted by atomic mass is 16.1. The van der Waals surface area contributed by atoms with Crippen molar-refractivity contribution in [2.24, 2.45) is 5.92 Å². The number of nitrogens with one attached hydrogen (secondary N) is 1.